The number of likely N-dealkylation sites (tertiary alicyclic amines) is 1. The van der Waals surface area contributed by atoms with Crippen LogP contribution in [0, 0.1) is 13.8 Å². The van der Waals surface area contributed by atoms with Crippen LogP contribution in [0.5, 0.6) is 0 Å². The first-order valence-corrected chi connectivity index (χ1v) is 8.39. The molecule has 0 unspecified atom stereocenters. The third-order valence-corrected chi connectivity index (χ3v) is 4.60. The molecule has 1 aromatic carbocycles. The van der Waals surface area contributed by atoms with Crippen molar-refractivity contribution in [1.29, 1.82) is 0 Å². The Bertz CT molecular complexity index is 822. The lowest BCUT2D eigenvalue weighted by Gasteiger charge is -2.21. The largest absolute Gasteiger partial charge is 0.441 e. The molecule has 5 nitrogen and oxygen atoms in total. The van der Waals surface area contributed by atoms with Gasteiger partial charge in [-0.25, -0.2) is 4.98 Å². The van der Waals surface area contributed by atoms with Gasteiger partial charge in [-0.3, -0.25) is 4.90 Å². The number of aryl methyl sites for hydroxylation is 2. The van der Waals surface area contributed by atoms with Gasteiger partial charge in [0.1, 0.15) is 5.76 Å². The predicted octanol–water partition coefficient (Wildman–Crippen LogP) is 4.28. The fraction of sp³-hybridized carbons (Fsp3) is 0.368. The number of oxazole rings is 1. The van der Waals surface area contributed by atoms with E-state index in [0.717, 1.165) is 54.4 Å². The molecule has 24 heavy (non-hydrogen) atoms. The van der Waals surface area contributed by atoms with Crippen LogP contribution in [0.1, 0.15) is 41.8 Å². The van der Waals surface area contributed by atoms with E-state index in [1.54, 1.807) is 0 Å². The van der Waals surface area contributed by atoms with Gasteiger partial charge in [-0.05, 0) is 45.4 Å². The topological polar surface area (TPSA) is 55.3 Å². The third-order valence-electron chi connectivity index (χ3n) is 4.60. The number of hydrogen-bond donors (Lipinski definition) is 0. The minimum atomic E-state index is 0.280. The Balaban J connectivity index is 1.56. The van der Waals surface area contributed by atoms with Crippen LogP contribution < -0.4 is 0 Å². The quantitative estimate of drug-likeness (QED) is 0.717. The van der Waals surface area contributed by atoms with Gasteiger partial charge in [0.15, 0.2) is 5.76 Å². The second-order valence-electron chi connectivity index (χ2n) is 6.39. The molecule has 1 atom stereocenters. The fourth-order valence-corrected chi connectivity index (χ4v) is 3.35. The van der Waals surface area contributed by atoms with Crippen molar-refractivity contribution < 1.29 is 8.94 Å². The Morgan fingerprint density at radius 2 is 2.04 bits per heavy atom. The van der Waals surface area contributed by atoms with E-state index < -0.39 is 0 Å². The average Bonchev–Trinajstić information content (AvgIpc) is 3.30. The zero-order valence-electron chi connectivity index (χ0n) is 14.0. The highest BCUT2D eigenvalue weighted by atomic mass is 16.5. The van der Waals surface area contributed by atoms with Gasteiger partial charge in [0.2, 0.25) is 5.89 Å². The highest BCUT2D eigenvalue weighted by Crippen LogP contribution is 2.34. The lowest BCUT2D eigenvalue weighted by atomic mass is 10.1. The second kappa shape index (κ2) is 6.24. The second-order valence-corrected chi connectivity index (χ2v) is 6.39. The van der Waals surface area contributed by atoms with Gasteiger partial charge in [0.05, 0.1) is 17.4 Å². The van der Waals surface area contributed by atoms with Crippen molar-refractivity contribution in [2.75, 3.05) is 6.54 Å². The molecule has 1 aliphatic heterocycles. The molecule has 4 rings (SSSR count). The van der Waals surface area contributed by atoms with Crippen LogP contribution in [0.15, 0.2) is 45.3 Å². The van der Waals surface area contributed by atoms with E-state index in [1.165, 1.54) is 0 Å². The summed E-state index contributed by atoms with van der Waals surface area (Å²) in [5.41, 5.74) is 2.94. The Labute approximate surface area is 141 Å². The van der Waals surface area contributed by atoms with Crippen molar-refractivity contribution in [3.63, 3.8) is 0 Å². The van der Waals surface area contributed by atoms with E-state index in [4.69, 9.17) is 13.9 Å². The van der Waals surface area contributed by atoms with Crippen LogP contribution in [-0.2, 0) is 6.54 Å². The maximum atomic E-state index is 5.88. The molecule has 0 saturated carbocycles. The summed E-state index contributed by atoms with van der Waals surface area (Å²) < 4.78 is 11.4. The molecular weight excluding hydrogens is 302 g/mol. The van der Waals surface area contributed by atoms with Crippen molar-refractivity contribution in [3.05, 3.63) is 59.3 Å². The molecule has 1 saturated heterocycles. The molecule has 0 aliphatic carbocycles. The SMILES string of the molecule is Cc1cc([C@@H]2CCCN2Cc2nc(-c3ccccc3)oc2C)on1. The number of nitrogens with zero attached hydrogens (tertiary/aromatic N) is 3. The zero-order valence-corrected chi connectivity index (χ0v) is 14.0. The van der Waals surface area contributed by atoms with E-state index in [9.17, 15) is 0 Å². The summed E-state index contributed by atoms with van der Waals surface area (Å²) in [7, 11) is 0. The smallest absolute Gasteiger partial charge is 0.226 e. The normalized spacial score (nSPS) is 18.3. The molecule has 0 radical (unpaired) electrons. The molecule has 3 aromatic rings. The molecule has 0 spiro atoms. The summed E-state index contributed by atoms with van der Waals surface area (Å²) in [5.74, 6) is 2.53. The first-order chi connectivity index (χ1) is 11.7. The summed E-state index contributed by atoms with van der Waals surface area (Å²) >= 11 is 0. The lowest BCUT2D eigenvalue weighted by Crippen LogP contribution is -2.23. The van der Waals surface area contributed by atoms with Gasteiger partial charge >= 0.3 is 0 Å². The Kier molecular flexibility index (Phi) is 3.94. The number of benzene rings is 1. The summed E-state index contributed by atoms with van der Waals surface area (Å²) in [6.45, 7) is 5.75. The first-order valence-electron chi connectivity index (χ1n) is 8.39. The summed E-state index contributed by atoms with van der Waals surface area (Å²) in [5, 5.41) is 4.03. The Morgan fingerprint density at radius 1 is 1.21 bits per heavy atom. The maximum absolute atomic E-state index is 5.88. The maximum Gasteiger partial charge on any atom is 0.226 e. The van der Waals surface area contributed by atoms with Gasteiger partial charge in [-0.1, -0.05) is 23.4 Å². The average molecular weight is 323 g/mol. The van der Waals surface area contributed by atoms with Crippen molar-refractivity contribution in [2.45, 2.75) is 39.3 Å². The van der Waals surface area contributed by atoms with Crippen LogP contribution in [0.25, 0.3) is 11.5 Å². The Morgan fingerprint density at radius 3 is 2.79 bits per heavy atom. The van der Waals surface area contributed by atoms with Crippen LogP contribution >= 0.6 is 0 Å². The molecule has 3 heterocycles. The van der Waals surface area contributed by atoms with Gasteiger partial charge < -0.3 is 8.94 Å². The lowest BCUT2D eigenvalue weighted by molar-refractivity contribution is 0.204. The highest BCUT2D eigenvalue weighted by molar-refractivity contribution is 5.53. The van der Waals surface area contributed by atoms with E-state index in [2.05, 4.69) is 10.1 Å². The van der Waals surface area contributed by atoms with Crippen molar-refractivity contribution in [1.82, 2.24) is 15.0 Å². The van der Waals surface area contributed by atoms with Crippen molar-refractivity contribution in [2.24, 2.45) is 0 Å². The molecule has 2 aromatic heterocycles. The van der Waals surface area contributed by atoms with Crippen LogP contribution in [-0.4, -0.2) is 21.6 Å². The number of rotatable bonds is 4. The molecule has 0 bridgehead atoms. The number of hydrogen-bond acceptors (Lipinski definition) is 5. The number of aromatic nitrogens is 2. The fourth-order valence-electron chi connectivity index (χ4n) is 3.35. The van der Waals surface area contributed by atoms with Crippen LogP contribution in [0.3, 0.4) is 0 Å². The highest BCUT2D eigenvalue weighted by Gasteiger charge is 2.30. The van der Waals surface area contributed by atoms with E-state index in [0.29, 0.717) is 5.89 Å². The molecule has 0 N–H and O–H groups in total. The predicted molar refractivity (Wildman–Crippen MR) is 90.3 cm³/mol. The van der Waals surface area contributed by atoms with Gasteiger partial charge in [0.25, 0.3) is 0 Å². The minimum Gasteiger partial charge on any atom is -0.441 e. The molecule has 5 heteroatoms. The van der Waals surface area contributed by atoms with Gasteiger partial charge in [-0.2, -0.15) is 0 Å². The van der Waals surface area contributed by atoms with E-state index >= 15 is 0 Å². The van der Waals surface area contributed by atoms with E-state index in [-0.39, 0.29) is 6.04 Å². The molecule has 1 aliphatic rings. The monoisotopic (exact) mass is 323 g/mol. The first kappa shape index (κ1) is 15.1. The van der Waals surface area contributed by atoms with Gasteiger partial charge in [0, 0.05) is 18.2 Å². The Hall–Kier alpha value is -2.40. The van der Waals surface area contributed by atoms with Gasteiger partial charge in [-0.15, -0.1) is 0 Å². The minimum absolute atomic E-state index is 0.280. The standard InChI is InChI=1S/C19H21N3O2/c1-13-11-18(24-21-13)17-9-6-10-22(17)12-16-14(2)23-19(20-16)15-7-4-3-5-8-15/h3-5,7-8,11,17H,6,9-10,12H2,1-2H3/t17-/m0/s1. The molecule has 124 valence electrons. The third kappa shape index (κ3) is 2.87. The summed E-state index contributed by atoms with van der Waals surface area (Å²) in [4.78, 5) is 7.12. The molecule has 1 fully saturated rings. The van der Waals surface area contributed by atoms with Crippen LogP contribution in [0.2, 0.25) is 0 Å². The summed E-state index contributed by atoms with van der Waals surface area (Å²) in [6, 6.07) is 12.3. The van der Waals surface area contributed by atoms with E-state index in [1.807, 2.05) is 50.2 Å². The van der Waals surface area contributed by atoms with Crippen molar-refractivity contribution in [3.8, 4) is 11.5 Å². The van der Waals surface area contributed by atoms with Crippen molar-refractivity contribution >= 4 is 0 Å². The molecular formula is C19H21N3O2. The summed E-state index contributed by atoms with van der Waals surface area (Å²) in [6.07, 6.45) is 2.25. The van der Waals surface area contributed by atoms with Crippen LogP contribution in [0.4, 0.5) is 0 Å². The zero-order chi connectivity index (χ0) is 16.5. The molecule has 0 amide bonds.